The van der Waals surface area contributed by atoms with Gasteiger partial charge in [0.2, 0.25) is 0 Å². The zero-order valence-electron chi connectivity index (χ0n) is 13.0. The quantitative estimate of drug-likeness (QED) is 0.822. The fourth-order valence-electron chi connectivity index (χ4n) is 1.91. The highest BCUT2D eigenvalue weighted by atomic mass is 35.5. The summed E-state index contributed by atoms with van der Waals surface area (Å²) in [5.74, 6) is 0. The number of ether oxygens (including phenoxy) is 1. The first-order valence-electron chi connectivity index (χ1n) is 6.87. The number of aryl methyl sites for hydroxylation is 2. The van der Waals surface area contributed by atoms with Crippen LogP contribution in [0, 0.1) is 6.92 Å². The van der Waals surface area contributed by atoms with E-state index in [0.29, 0.717) is 6.54 Å². The first kappa shape index (κ1) is 16.8. The Morgan fingerprint density at radius 3 is 2.50 bits per heavy atom. The summed E-state index contributed by atoms with van der Waals surface area (Å²) >= 11 is 6.03. The molecule has 0 aliphatic rings. The fraction of sp³-hybridized carbons (Fsp3) is 0.562. The molecular weight excluding hydrogens is 274 g/mol. The van der Waals surface area contributed by atoms with Crippen LogP contribution in [0.4, 0.5) is 4.79 Å². The summed E-state index contributed by atoms with van der Waals surface area (Å²) in [5, 5.41) is 0.764. The lowest BCUT2D eigenvalue weighted by atomic mass is 10.1. The molecule has 0 aliphatic carbocycles. The molecule has 1 aromatic rings. The third-order valence-electron chi connectivity index (χ3n) is 2.77. The second kappa shape index (κ2) is 6.98. The minimum absolute atomic E-state index is 0.278. The van der Waals surface area contributed by atoms with Crippen LogP contribution in [-0.2, 0) is 11.2 Å². The number of hydrogen-bond acceptors (Lipinski definition) is 2. The van der Waals surface area contributed by atoms with Gasteiger partial charge in [0.05, 0.1) is 0 Å². The number of nitrogens with zero attached hydrogens (tertiary/aromatic N) is 1. The van der Waals surface area contributed by atoms with Crippen molar-refractivity contribution >= 4 is 17.7 Å². The summed E-state index contributed by atoms with van der Waals surface area (Å²) in [7, 11) is 1.76. The number of benzene rings is 1. The zero-order valence-corrected chi connectivity index (χ0v) is 13.8. The summed E-state index contributed by atoms with van der Waals surface area (Å²) in [6.45, 7) is 8.30. The van der Waals surface area contributed by atoms with E-state index in [1.165, 1.54) is 5.56 Å². The molecule has 0 bridgehead atoms. The second-order valence-electron chi connectivity index (χ2n) is 6.14. The van der Waals surface area contributed by atoms with Crippen molar-refractivity contribution < 1.29 is 9.53 Å². The highest BCUT2D eigenvalue weighted by molar-refractivity contribution is 6.30. The van der Waals surface area contributed by atoms with Crippen molar-refractivity contribution in [2.45, 2.75) is 46.1 Å². The second-order valence-corrected chi connectivity index (χ2v) is 6.58. The maximum absolute atomic E-state index is 11.8. The predicted octanol–water partition coefficient (Wildman–Crippen LogP) is 4.45. The van der Waals surface area contributed by atoms with E-state index in [-0.39, 0.29) is 6.09 Å². The number of rotatable bonds is 4. The van der Waals surface area contributed by atoms with E-state index < -0.39 is 5.60 Å². The summed E-state index contributed by atoms with van der Waals surface area (Å²) in [5.41, 5.74) is 1.91. The van der Waals surface area contributed by atoms with Gasteiger partial charge in [0.25, 0.3) is 0 Å². The van der Waals surface area contributed by atoms with Crippen LogP contribution < -0.4 is 0 Å². The van der Waals surface area contributed by atoms with Gasteiger partial charge in [-0.1, -0.05) is 17.7 Å². The average molecular weight is 298 g/mol. The van der Waals surface area contributed by atoms with Crippen LogP contribution in [0.5, 0.6) is 0 Å². The van der Waals surface area contributed by atoms with Crippen molar-refractivity contribution in [1.82, 2.24) is 4.90 Å². The third kappa shape index (κ3) is 6.29. The van der Waals surface area contributed by atoms with E-state index in [9.17, 15) is 4.79 Å². The lowest BCUT2D eigenvalue weighted by Gasteiger charge is -2.24. The number of halogens is 1. The highest BCUT2D eigenvalue weighted by Crippen LogP contribution is 2.16. The number of hydrogen-bond donors (Lipinski definition) is 0. The van der Waals surface area contributed by atoms with Gasteiger partial charge in [-0.25, -0.2) is 4.79 Å². The molecule has 1 rings (SSSR count). The molecule has 0 atom stereocenters. The zero-order chi connectivity index (χ0) is 15.3. The Kier molecular flexibility index (Phi) is 5.88. The van der Waals surface area contributed by atoms with Crippen molar-refractivity contribution in [3.63, 3.8) is 0 Å². The van der Waals surface area contributed by atoms with Crippen LogP contribution in [0.25, 0.3) is 0 Å². The van der Waals surface area contributed by atoms with Gasteiger partial charge in [0.15, 0.2) is 0 Å². The first-order valence-corrected chi connectivity index (χ1v) is 7.25. The molecule has 3 nitrogen and oxygen atoms in total. The Bertz CT molecular complexity index is 446. The molecule has 1 aromatic carbocycles. The van der Waals surface area contributed by atoms with Crippen molar-refractivity contribution in [2.24, 2.45) is 0 Å². The molecule has 0 aliphatic heterocycles. The predicted molar refractivity (Wildman–Crippen MR) is 83.4 cm³/mol. The Morgan fingerprint density at radius 1 is 1.30 bits per heavy atom. The van der Waals surface area contributed by atoms with Crippen LogP contribution in [-0.4, -0.2) is 30.2 Å². The molecular formula is C16H24ClNO2. The largest absolute Gasteiger partial charge is 0.444 e. The Labute approximate surface area is 126 Å². The van der Waals surface area contributed by atoms with E-state index >= 15 is 0 Å². The standard InChI is InChI=1S/C16H24ClNO2/c1-12-9-13(11-14(17)10-12)7-6-8-18(5)15(19)20-16(2,3)4/h9-11H,6-8H2,1-5H3. The van der Waals surface area contributed by atoms with Crippen molar-refractivity contribution in [3.05, 3.63) is 34.3 Å². The SMILES string of the molecule is Cc1cc(Cl)cc(CCCN(C)C(=O)OC(C)(C)C)c1. The Hall–Kier alpha value is -1.22. The fourth-order valence-corrected chi connectivity index (χ4v) is 2.22. The molecule has 112 valence electrons. The minimum atomic E-state index is -0.449. The molecule has 0 saturated carbocycles. The van der Waals surface area contributed by atoms with Crippen LogP contribution in [0.1, 0.15) is 38.3 Å². The third-order valence-corrected chi connectivity index (χ3v) is 2.98. The normalized spacial score (nSPS) is 11.3. The molecule has 0 aromatic heterocycles. The van der Waals surface area contributed by atoms with Gasteiger partial charge >= 0.3 is 6.09 Å². The first-order chi connectivity index (χ1) is 9.17. The molecule has 0 saturated heterocycles. The Morgan fingerprint density at radius 2 is 1.95 bits per heavy atom. The maximum Gasteiger partial charge on any atom is 0.410 e. The van der Waals surface area contributed by atoms with Crippen LogP contribution >= 0.6 is 11.6 Å². The molecule has 0 unspecified atom stereocenters. The van der Waals surface area contributed by atoms with E-state index in [1.807, 2.05) is 39.8 Å². The van der Waals surface area contributed by atoms with E-state index in [4.69, 9.17) is 16.3 Å². The van der Waals surface area contributed by atoms with Gasteiger partial charge < -0.3 is 9.64 Å². The number of carbonyl (C=O) groups excluding carboxylic acids is 1. The molecule has 0 N–H and O–H groups in total. The van der Waals surface area contributed by atoms with Gasteiger partial charge in [-0.3, -0.25) is 0 Å². The van der Waals surface area contributed by atoms with Crippen LogP contribution in [0.2, 0.25) is 5.02 Å². The van der Waals surface area contributed by atoms with E-state index in [0.717, 1.165) is 23.4 Å². The molecule has 0 fully saturated rings. The maximum atomic E-state index is 11.8. The lowest BCUT2D eigenvalue weighted by Crippen LogP contribution is -2.34. The number of carbonyl (C=O) groups is 1. The van der Waals surface area contributed by atoms with Crippen molar-refractivity contribution in [3.8, 4) is 0 Å². The minimum Gasteiger partial charge on any atom is -0.444 e. The molecule has 1 amide bonds. The smallest absolute Gasteiger partial charge is 0.410 e. The van der Waals surface area contributed by atoms with E-state index in [1.54, 1.807) is 11.9 Å². The van der Waals surface area contributed by atoms with E-state index in [2.05, 4.69) is 6.07 Å². The molecule has 4 heteroatoms. The summed E-state index contributed by atoms with van der Waals surface area (Å²) in [4.78, 5) is 13.4. The van der Waals surface area contributed by atoms with Gasteiger partial charge in [0.1, 0.15) is 5.60 Å². The van der Waals surface area contributed by atoms with Gasteiger partial charge in [-0.15, -0.1) is 0 Å². The topological polar surface area (TPSA) is 29.5 Å². The summed E-state index contributed by atoms with van der Waals surface area (Å²) < 4.78 is 5.31. The lowest BCUT2D eigenvalue weighted by molar-refractivity contribution is 0.0297. The monoisotopic (exact) mass is 297 g/mol. The van der Waals surface area contributed by atoms with Crippen LogP contribution in [0.3, 0.4) is 0 Å². The van der Waals surface area contributed by atoms with Gasteiger partial charge in [-0.2, -0.15) is 0 Å². The van der Waals surface area contributed by atoms with Crippen LogP contribution in [0.15, 0.2) is 18.2 Å². The Balaban J connectivity index is 2.42. The number of amides is 1. The summed E-state index contributed by atoms with van der Waals surface area (Å²) in [6.07, 6.45) is 1.50. The molecule has 20 heavy (non-hydrogen) atoms. The molecule has 0 spiro atoms. The average Bonchev–Trinajstić information content (AvgIpc) is 2.25. The van der Waals surface area contributed by atoms with Gasteiger partial charge in [0, 0.05) is 18.6 Å². The van der Waals surface area contributed by atoms with Crippen molar-refractivity contribution in [2.75, 3.05) is 13.6 Å². The molecule has 0 radical (unpaired) electrons. The summed E-state index contributed by atoms with van der Waals surface area (Å²) in [6, 6.07) is 6.04. The van der Waals surface area contributed by atoms with Gasteiger partial charge in [-0.05, 0) is 63.8 Å². The molecule has 0 heterocycles. The van der Waals surface area contributed by atoms with Crippen molar-refractivity contribution in [1.29, 1.82) is 0 Å². The highest BCUT2D eigenvalue weighted by Gasteiger charge is 2.19.